The Kier molecular flexibility index (Phi) is 8.65. The molecule has 1 aliphatic rings. The summed E-state index contributed by atoms with van der Waals surface area (Å²) in [6.45, 7) is 4.60. The van der Waals surface area contributed by atoms with Crippen LogP contribution in [-0.2, 0) is 0 Å². The number of rotatable bonds is 6. The molecule has 2 nitrogen and oxygen atoms in total. The summed E-state index contributed by atoms with van der Waals surface area (Å²) in [5, 5.41) is 9.72. The number of para-hydroxylation sites is 1. The second kappa shape index (κ2) is 14.7. The number of hydrogen-bond acceptors (Lipinski definition) is 3. The van der Waals surface area contributed by atoms with E-state index < -0.39 is 0 Å². The van der Waals surface area contributed by atoms with Crippen molar-refractivity contribution in [2.75, 3.05) is 0 Å². The number of allylic oxidation sites excluding steroid dienone is 3. The zero-order valence-electron chi connectivity index (χ0n) is 34.6. The number of hydrogen-bond donors (Lipinski definition) is 0. The van der Waals surface area contributed by atoms with Crippen molar-refractivity contribution in [2.45, 2.75) is 26.7 Å². The molecule has 3 heteroatoms. The van der Waals surface area contributed by atoms with Crippen LogP contribution in [0.3, 0.4) is 0 Å². The molecule has 62 heavy (non-hydrogen) atoms. The Morgan fingerprint density at radius 2 is 1.11 bits per heavy atom. The third-order valence-electron chi connectivity index (χ3n) is 12.8. The maximum absolute atomic E-state index is 6.82. The second-order valence-electron chi connectivity index (χ2n) is 16.5. The van der Waals surface area contributed by atoms with Gasteiger partial charge in [0.2, 0.25) is 0 Å². The molecule has 0 bridgehead atoms. The maximum Gasteiger partial charge on any atom is 0.136 e. The number of furan rings is 1. The Morgan fingerprint density at radius 3 is 1.89 bits per heavy atom. The molecule has 0 spiro atoms. The van der Waals surface area contributed by atoms with Crippen molar-refractivity contribution >= 4 is 92.0 Å². The average molecular weight is 812 g/mol. The summed E-state index contributed by atoms with van der Waals surface area (Å²) in [6, 6.07) is 68.6. The van der Waals surface area contributed by atoms with Crippen LogP contribution in [0.15, 0.2) is 209 Å². The lowest BCUT2D eigenvalue weighted by molar-refractivity contribution is 0.669. The summed E-state index contributed by atoms with van der Waals surface area (Å²) in [5.41, 5.74) is 15.8. The lowest BCUT2D eigenvalue weighted by atomic mass is 9.86. The third kappa shape index (κ3) is 6.03. The highest BCUT2D eigenvalue weighted by Gasteiger charge is 2.26. The third-order valence-corrected chi connectivity index (χ3v) is 14.0. The van der Waals surface area contributed by atoms with Gasteiger partial charge in [0.25, 0.3) is 0 Å². The molecule has 0 saturated carbocycles. The van der Waals surface area contributed by atoms with Crippen LogP contribution in [0.2, 0.25) is 0 Å². The predicted molar refractivity (Wildman–Crippen MR) is 266 cm³/mol. The Balaban J connectivity index is 1.12. The molecule has 1 aliphatic heterocycles. The van der Waals surface area contributed by atoms with Gasteiger partial charge >= 0.3 is 0 Å². The van der Waals surface area contributed by atoms with Gasteiger partial charge in [-0.1, -0.05) is 158 Å². The predicted octanol–water partition coefficient (Wildman–Crippen LogP) is 17.1. The first-order valence-electron chi connectivity index (χ1n) is 21.5. The number of benzene rings is 9. The minimum atomic E-state index is 0.722. The first-order chi connectivity index (χ1) is 30.6. The Hall–Kier alpha value is -7.33. The topological polar surface area (TPSA) is 25.5 Å². The molecular formula is C59H41NOS. The highest BCUT2D eigenvalue weighted by Crippen LogP contribution is 2.47. The fraction of sp³-hybridized carbons (Fsp3) is 0.0678. The van der Waals surface area contributed by atoms with Gasteiger partial charge in [0, 0.05) is 42.9 Å². The van der Waals surface area contributed by atoms with Crippen LogP contribution in [0.4, 0.5) is 0 Å². The van der Waals surface area contributed by atoms with Crippen molar-refractivity contribution in [2.24, 2.45) is 4.99 Å². The van der Waals surface area contributed by atoms with E-state index in [9.17, 15) is 0 Å². The van der Waals surface area contributed by atoms with Crippen LogP contribution >= 0.6 is 11.3 Å². The van der Waals surface area contributed by atoms with Crippen LogP contribution in [0.1, 0.15) is 43.4 Å². The fourth-order valence-corrected chi connectivity index (χ4v) is 11.0. The molecule has 11 aromatic rings. The van der Waals surface area contributed by atoms with E-state index in [0.29, 0.717) is 0 Å². The molecule has 0 amide bonds. The molecule has 2 aromatic heterocycles. The fourth-order valence-electron chi connectivity index (χ4n) is 9.89. The van der Waals surface area contributed by atoms with Crippen molar-refractivity contribution in [1.82, 2.24) is 0 Å². The highest BCUT2D eigenvalue weighted by atomic mass is 32.1. The second-order valence-corrected chi connectivity index (χ2v) is 17.6. The summed E-state index contributed by atoms with van der Waals surface area (Å²) in [5.74, 6) is 0. The smallest absolute Gasteiger partial charge is 0.136 e. The van der Waals surface area contributed by atoms with Crippen LogP contribution in [0, 0.1) is 0 Å². The van der Waals surface area contributed by atoms with Gasteiger partial charge in [-0.05, 0) is 122 Å². The molecule has 0 atom stereocenters. The van der Waals surface area contributed by atoms with Crippen molar-refractivity contribution < 1.29 is 4.42 Å². The number of nitrogens with zero attached hydrogens (tertiary/aromatic N) is 1. The van der Waals surface area contributed by atoms with E-state index in [-0.39, 0.29) is 0 Å². The summed E-state index contributed by atoms with van der Waals surface area (Å²) in [7, 11) is 0. The molecule has 12 rings (SSSR count). The van der Waals surface area contributed by atoms with E-state index in [0.717, 1.165) is 62.9 Å². The van der Waals surface area contributed by atoms with E-state index in [1.54, 1.807) is 0 Å². The van der Waals surface area contributed by atoms with Gasteiger partial charge in [-0.3, -0.25) is 4.99 Å². The zero-order chi connectivity index (χ0) is 41.3. The molecule has 0 fully saturated rings. The van der Waals surface area contributed by atoms with Gasteiger partial charge in [0.15, 0.2) is 0 Å². The van der Waals surface area contributed by atoms with E-state index in [1.807, 2.05) is 11.3 Å². The Bertz CT molecular complexity index is 3700. The van der Waals surface area contributed by atoms with Gasteiger partial charge in [0.1, 0.15) is 11.2 Å². The SMILES string of the molecule is CCC1=C(c2cc(-c3cccc4sc5ccccc5c34)cc3oc4ccccc4c23)N=C(c2ccc(-c3ccc4ccccc4c3)cc2)CC(C)=C1c1ccc2ccccc2c1. The van der Waals surface area contributed by atoms with Crippen LogP contribution in [0.5, 0.6) is 0 Å². The number of fused-ring (bicyclic) bond motifs is 8. The summed E-state index contributed by atoms with van der Waals surface area (Å²) >= 11 is 1.85. The van der Waals surface area contributed by atoms with Crippen molar-refractivity contribution in [3.63, 3.8) is 0 Å². The van der Waals surface area contributed by atoms with Gasteiger partial charge < -0.3 is 4.42 Å². The van der Waals surface area contributed by atoms with Gasteiger partial charge in [-0.25, -0.2) is 0 Å². The minimum absolute atomic E-state index is 0.722. The lowest BCUT2D eigenvalue weighted by Gasteiger charge is -2.18. The lowest BCUT2D eigenvalue weighted by Crippen LogP contribution is -2.02. The van der Waals surface area contributed by atoms with E-state index in [2.05, 4.69) is 202 Å². The summed E-state index contributed by atoms with van der Waals surface area (Å²) in [6.07, 6.45) is 1.53. The molecule has 3 heterocycles. The standard InChI is InChI=1S/C59H41NOS/c1-3-46-56(44-30-26-38-14-5-7-16-42(38)33-44)36(2)31-51(40-27-23-39(24-28-40)43-29-25-37-13-4-6-15-41(37)32-43)60-59(46)50-34-45(35-53-57(50)48-17-8-10-20-52(48)61-53)47-19-12-22-55-58(47)49-18-9-11-21-54(49)62-55/h4-30,32-35H,3,31H2,1-2H3. The van der Waals surface area contributed by atoms with E-state index in [1.165, 1.54) is 80.7 Å². The number of aliphatic imine (C=N–C) groups is 1. The summed E-state index contributed by atoms with van der Waals surface area (Å²) < 4.78 is 9.39. The Labute approximate surface area is 364 Å². The van der Waals surface area contributed by atoms with Crippen LogP contribution in [0.25, 0.3) is 97.2 Å². The molecule has 0 aliphatic carbocycles. The van der Waals surface area contributed by atoms with E-state index >= 15 is 0 Å². The van der Waals surface area contributed by atoms with Crippen LogP contribution in [-0.4, -0.2) is 5.71 Å². The molecule has 294 valence electrons. The normalized spacial score (nSPS) is 13.6. The quantitative estimate of drug-likeness (QED) is 0.164. The van der Waals surface area contributed by atoms with Crippen molar-refractivity contribution in [3.8, 4) is 22.3 Å². The van der Waals surface area contributed by atoms with E-state index in [4.69, 9.17) is 9.41 Å². The van der Waals surface area contributed by atoms with Crippen LogP contribution < -0.4 is 0 Å². The maximum atomic E-state index is 6.82. The first-order valence-corrected chi connectivity index (χ1v) is 22.4. The molecule has 0 radical (unpaired) electrons. The van der Waals surface area contributed by atoms with Gasteiger partial charge in [-0.15, -0.1) is 11.3 Å². The molecule has 0 saturated heterocycles. The largest absolute Gasteiger partial charge is 0.456 e. The monoisotopic (exact) mass is 811 g/mol. The van der Waals surface area contributed by atoms with Crippen molar-refractivity contribution in [3.05, 3.63) is 216 Å². The zero-order valence-corrected chi connectivity index (χ0v) is 35.4. The van der Waals surface area contributed by atoms with Gasteiger partial charge in [0.05, 0.1) is 11.4 Å². The molecular weight excluding hydrogens is 771 g/mol. The average Bonchev–Trinajstić information content (AvgIpc) is 3.86. The molecule has 0 N–H and O–H groups in total. The number of thiophene rings is 1. The summed E-state index contributed by atoms with van der Waals surface area (Å²) in [4.78, 5) is 5.89. The first kappa shape index (κ1) is 36.5. The van der Waals surface area contributed by atoms with Crippen molar-refractivity contribution in [1.29, 1.82) is 0 Å². The molecule has 0 unspecified atom stereocenters. The highest BCUT2D eigenvalue weighted by molar-refractivity contribution is 7.25. The Morgan fingerprint density at radius 1 is 0.484 bits per heavy atom. The molecule has 9 aromatic carbocycles. The van der Waals surface area contributed by atoms with Gasteiger partial charge in [-0.2, -0.15) is 0 Å². The minimum Gasteiger partial charge on any atom is -0.456 e.